The summed E-state index contributed by atoms with van der Waals surface area (Å²) in [7, 11) is 1.85. The second kappa shape index (κ2) is 5.35. The first-order valence-electron chi connectivity index (χ1n) is 5.60. The van der Waals surface area contributed by atoms with Crippen LogP contribution in [0.2, 0.25) is 0 Å². The molecule has 0 aliphatic carbocycles. The summed E-state index contributed by atoms with van der Waals surface area (Å²) in [4.78, 5) is 12.0. The fourth-order valence-corrected chi connectivity index (χ4v) is 2.21. The number of carbonyl (C=O) groups is 1. The SMILES string of the molecule is Cc1ccccc1C(=O)NCc1c(Br)cnn1C. The first-order chi connectivity index (χ1) is 8.59. The highest BCUT2D eigenvalue weighted by atomic mass is 79.9. The molecule has 0 unspecified atom stereocenters. The lowest BCUT2D eigenvalue weighted by molar-refractivity contribution is 0.0949. The maximum absolute atomic E-state index is 12.0. The molecule has 0 bridgehead atoms. The Hall–Kier alpha value is -1.62. The number of hydrogen-bond donors (Lipinski definition) is 1. The molecule has 0 atom stereocenters. The lowest BCUT2D eigenvalue weighted by Crippen LogP contribution is -2.24. The van der Waals surface area contributed by atoms with Crippen molar-refractivity contribution >= 4 is 21.8 Å². The van der Waals surface area contributed by atoms with E-state index in [-0.39, 0.29) is 5.91 Å². The minimum atomic E-state index is -0.0683. The Balaban J connectivity index is 2.08. The van der Waals surface area contributed by atoms with E-state index in [0.29, 0.717) is 12.1 Å². The highest BCUT2D eigenvalue weighted by molar-refractivity contribution is 9.10. The molecular weight excluding hydrogens is 294 g/mol. The molecule has 5 heteroatoms. The van der Waals surface area contributed by atoms with Crippen LogP contribution in [0.1, 0.15) is 21.6 Å². The third-order valence-electron chi connectivity index (χ3n) is 2.82. The van der Waals surface area contributed by atoms with Gasteiger partial charge in [0.15, 0.2) is 0 Å². The van der Waals surface area contributed by atoms with Crippen LogP contribution in [0.15, 0.2) is 34.9 Å². The molecule has 0 aliphatic heterocycles. The number of halogens is 1. The van der Waals surface area contributed by atoms with Crippen molar-refractivity contribution in [1.82, 2.24) is 15.1 Å². The smallest absolute Gasteiger partial charge is 0.251 e. The zero-order valence-electron chi connectivity index (χ0n) is 10.3. The average Bonchev–Trinajstić information content (AvgIpc) is 2.67. The van der Waals surface area contributed by atoms with Crippen molar-refractivity contribution in [2.45, 2.75) is 13.5 Å². The third kappa shape index (κ3) is 2.61. The van der Waals surface area contributed by atoms with Crippen molar-refractivity contribution in [2.24, 2.45) is 7.05 Å². The van der Waals surface area contributed by atoms with Gasteiger partial charge in [-0.25, -0.2) is 0 Å². The van der Waals surface area contributed by atoms with Crippen LogP contribution in [0.25, 0.3) is 0 Å². The average molecular weight is 308 g/mol. The van der Waals surface area contributed by atoms with Crippen LogP contribution in [0.4, 0.5) is 0 Å². The number of hydrogen-bond acceptors (Lipinski definition) is 2. The van der Waals surface area contributed by atoms with Gasteiger partial charge in [-0.15, -0.1) is 0 Å². The Morgan fingerprint density at radius 1 is 1.44 bits per heavy atom. The predicted octanol–water partition coefficient (Wildman–Crippen LogP) is 2.42. The molecule has 2 rings (SSSR count). The summed E-state index contributed by atoms with van der Waals surface area (Å²) in [5.74, 6) is -0.0683. The van der Waals surface area contributed by atoms with Gasteiger partial charge in [-0.05, 0) is 34.5 Å². The Bertz CT molecular complexity index is 558. The van der Waals surface area contributed by atoms with Gasteiger partial charge in [-0.2, -0.15) is 5.10 Å². The fourth-order valence-electron chi connectivity index (χ4n) is 1.72. The molecule has 2 aromatic rings. The van der Waals surface area contributed by atoms with Crippen molar-refractivity contribution < 1.29 is 4.79 Å². The van der Waals surface area contributed by atoms with Gasteiger partial charge in [0.25, 0.3) is 5.91 Å². The van der Waals surface area contributed by atoms with Gasteiger partial charge in [-0.1, -0.05) is 18.2 Å². The van der Waals surface area contributed by atoms with E-state index < -0.39 is 0 Å². The first-order valence-corrected chi connectivity index (χ1v) is 6.39. The lowest BCUT2D eigenvalue weighted by Gasteiger charge is -2.08. The van der Waals surface area contributed by atoms with Gasteiger partial charge in [-0.3, -0.25) is 9.48 Å². The fraction of sp³-hybridized carbons (Fsp3) is 0.231. The van der Waals surface area contributed by atoms with E-state index >= 15 is 0 Å². The molecule has 1 amide bonds. The van der Waals surface area contributed by atoms with E-state index in [1.165, 1.54) is 0 Å². The number of amides is 1. The predicted molar refractivity (Wildman–Crippen MR) is 73.3 cm³/mol. The number of aryl methyl sites for hydroxylation is 2. The topological polar surface area (TPSA) is 46.9 Å². The first kappa shape index (κ1) is 12.8. The Morgan fingerprint density at radius 2 is 2.17 bits per heavy atom. The number of rotatable bonds is 3. The van der Waals surface area contributed by atoms with E-state index in [2.05, 4.69) is 26.3 Å². The Morgan fingerprint density at radius 3 is 2.78 bits per heavy atom. The van der Waals surface area contributed by atoms with Crippen molar-refractivity contribution in [3.63, 3.8) is 0 Å². The van der Waals surface area contributed by atoms with Crippen LogP contribution in [0.5, 0.6) is 0 Å². The minimum absolute atomic E-state index is 0.0683. The third-order valence-corrected chi connectivity index (χ3v) is 3.48. The summed E-state index contributed by atoms with van der Waals surface area (Å²) in [5.41, 5.74) is 2.62. The molecule has 94 valence electrons. The maximum Gasteiger partial charge on any atom is 0.251 e. The minimum Gasteiger partial charge on any atom is -0.346 e. The molecule has 1 heterocycles. The van der Waals surface area contributed by atoms with Crippen LogP contribution in [-0.2, 0) is 13.6 Å². The monoisotopic (exact) mass is 307 g/mol. The quantitative estimate of drug-likeness (QED) is 0.946. The number of carbonyl (C=O) groups excluding carboxylic acids is 1. The number of nitrogens with one attached hydrogen (secondary N) is 1. The lowest BCUT2D eigenvalue weighted by atomic mass is 10.1. The summed E-state index contributed by atoms with van der Waals surface area (Å²) >= 11 is 3.40. The molecular formula is C13H14BrN3O. The van der Waals surface area contributed by atoms with Crippen LogP contribution >= 0.6 is 15.9 Å². The van der Waals surface area contributed by atoms with Gasteiger partial charge < -0.3 is 5.32 Å². The molecule has 18 heavy (non-hydrogen) atoms. The zero-order valence-corrected chi connectivity index (χ0v) is 11.9. The maximum atomic E-state index is 12.0. The van der Waals surface area contributed by atoms with Crippen LogP contribution in [0.3, 0.4) is 0 Å². The summed E-state index contributed by atoms with van der Waals surface area (Å²) in [5, 5.41) is 7.00. The molecule has 4 nitrogen and oxygen atoms in total. The summed E-state index contributed by atoms with van der Waals surface area (Å²) in [6.07, 6.45) is 1.72. The largest absolute Gasteiger partial charge is 0.346 e. The van der Waals surface area contributed by atoms with E-state index in [1.54, 1.807) is 10.9 Å². The Kier molecular flexibility index (Phi) is 3.81. The molecule has 0 fully saturated rings. The van der Waals surface area contributed by atoms with E-state index in [9.17, 15) is 4.79 Å². The molecule has 0 aliphatic rings. The van der Waals surface area contributed by atoms with Crippen molar-refractivity contribution in [3.8, 4) is 0 Å². The van der Waals surface area contributed by atoms with Gasteiger partial charge in [0.05, 0.1) is 22.9 Å². The second-order valence-electron chi connectivity index (χ2n) is 4.06. The normalized spacial score (nSPS) is 10.4. The second-order valence-corrected chi connectivity index (χ2v) is 4.91. The van der Waals surface area contributed by atoms with Gasteiger partial charge >= 0.3 is 0 Å². The summed E-state index contributed by atoms with van der Waals surface area (Å²) < 4.78 is 2.64. The molecule has 1 N–H and O–H groups in total. The number of aromatic nitrogens is 2. The molecule has 1 aromatic heterocycles. The van der Waals surface area contributed by atoms with Crippen LogP contribution in [0, 0.1) is 6.92 Å². The Labute approximate surface area is 114 Å². The highest BCUT2D eigenvalue weighted by Gasteiger charge is 2.10. The molecule has 1 aromatic carbocycles. The molecule has 0 saturated carbocycles. The van der Waals surface area contributed by atoms with Gasteiger partial charge in [0, 0.05) is 12.6 Å². The van der Waals surface area contributed by atoms with Crippen molar-refractivity contribution in [1.29, 1.82) is 0 Å². The van der Waals surface area contributed by atoms with Crippen molar-refractivity contribution in [3.05, 3.63) is 51.8 Å². The molecule has 0 saturated heterocycles. The summed E-state index contributed by atoms with van der Waals surface area (Å²) in [6.45, 7) is 2.37. The van der Waals surface area contributed by atoms with Crippen LogP contribution in [-0.4, -0.2) is 15.7 Å². The highest BCUT2D eigenvalue weighted by Crippen LogP contribution is 2.15. The summed E-state index contributed by atoms with van der Waals surface area (Å²) in [6, 6.07) is 7.53. The van der Waals surface area contributed by atoms with Crippen LogP contribution < -0.4 is 5.32 Å². The van der Waals surface area contributed by atoms with Gasteiger partial charge in [0.1, 0.15) is 0 Å². The van der Waals surface area contributed by atoms with Gasteiger partial charge in [0.2, 0.25) is 0 Å². The van der Waals surface area contributed by atoms with E-state index in [0.717, 1.165) is 15.7 Å². The van der Waals surface area contributed by atoms with E-state index in [4.69, 9.17) is 0 Å². The number of nitrogens with zero attached hydrogens (tertiary/aromatic N) is 2. The zero-order chi connectivity index (χ0) is 13.1. The number of benzene rings is 1. The standard InChI is InChI=1S/C13H14BrN3O/c1-9-5-3-4-6-10(9)13(18)15-8-12-11(14)7-16-17(12)2/h3-7H,8H2,1-2H3,(H,15,18). The van der Waals surface area contributed by atoms with E-state index in [1.807, 2.05) is 38.2 Å². The van der Waals surface area contributed by atoms with Crippen molar-refractivity contribution in [2.75, 3.05) is 0 Å². The molecule has 0 spiro atoms. The molecule has 0 radical (unpaired) electrons.